The van der Waals surface area contributed by atoms with E-state index in [0.717, 1.165) is 29.7 Å². The Morgan fingerprint density at radius 1 is 1.00 bits per heavy atom. The molecule has 8 nitrogen and oxygen atoms in total. The Morgan fingerprint density at radius 2 is 1.84 bits per heavy atom. The van der Waals surface area contributed by atoms with Crippen molar-refractivity contribution in [2.75, 3.05) is 20.5 Å². The highest BCUT2D eigenvalue weighted by Crippen LogP contribution is 2.42. The summed E-state index contributed by atoms with van der Waals surface area (Å²) in [5.41, 5.74) is 2.89. The third-order valence-electron chi connectivity index (χ3n) is 6.92. The number of likely N-dealkylation sites (tertiary alicyclic amines) is 1. The molecule has 1 saturated heterocycles. The van der Waals surface area contributed by atoms with Gasteiger partial charge in [-0.2, -0.15) is 0 Å². The topological polar surface area (TPSA) is 94.5 Å². The molecular weight excluding hydrogens is 474 g/mol. The Labute approximate surface area is 213 Å². The standard InChI is InChI=1S/C29H25NO7/c1-34-21-6-2-4-19(14-21)26-25(27(31)20-8-10-22-18(13-20)5-3-11-35-22)28(32)29(33)30(26)15-17-7-9-23-24(12-17)37-16-36-23/h2,4,6-10,12-14,26,31H,3,5,11,15-16H2,1H3/b27-25-. The first-order valence-electron chi connectivity index (χ1n) is 12.1. The van der Waals surface area contributed by atoms with Crippen molar-refractivity contribution in [3.8, 4) is 23.0 Å². The minimum absolute atomic E-state index is 0.0377. The number of hydrogen-bond donors (Lipinski definition) is 1. The number of ether oxygens (including phenoxy) is 4. The van der Waals surface area contributed by atoms with Crippen molar-refractivity contribution in [3.05, 3.63) is 88.5 Å². The van der Waals surface area contributed by atoms with Crippen LogP contribution in [0.1, 0.15) is 34.7 Å². The SMILES string of the molecule is COc1cccc(C2/C(=C(/O)c3ccc4c(c3)CCCO4)C(=O)C(=O)N2Cc2ccc3c(c2)OCO3)c1. The number of rotatable bonds is 5. The largest absolute Gasteiger partial charge is 0.507 e. The smallest absolute Gasteiger partial charge is 0.295 e. The lowest BCUT2D eigenvalue weighted by atomic mass is 9.93. The van der Waals surface area contributed by atoms with Gasteiger partial charge in [0.15, 0.2) is 11.5 Å². The van der Waals surface area contributed by atoms with Crippen LogP contribution in [0.4, 0.5) is 0 Å². The molecule has 1 atom stereocenters. The van der Waals surface area contributed by atoms with Crippen LogP contribution < -0.4 is 18.9 Å². The van der Waals surface area contributed by atoms with E-state index in [2.05, 4.69) is 0 Å². The van der Waals surface area contributed by atoms with Gasteiger partial charge < -0.3 is 29.0 Å². The minimum Gasteiger partial charge on any atom is -0.507 e. The average Bonchev–Trinajstić information content (AvgIpc) is 3.50. The van der Waals surface area contributed by atoms with Crippen LogP contribution >= 0.6 is 0 Å². The highest BCUT2D eigenvalue weighted by molar-refractivity contribution is 6.46. The number of nitrogens with zero attached hydrogens (tertiary/aromatic N) is 1. The van der Waals surface area contributed by atoms with Crippen molar-refractivity contribution in [1.29, 1.82) is 0 Å². The highest BCUT2D eigenvalue weighted by Gasteiger charge is 2.46. The van der Waals surface area contributed by atoms with Gasteiger partial charge >= 0.3 is 0 Å². The zero-order valence-corrected chi connectivity index (χ0v) is 20.2. The van der Waals surface area contributed by atoms with Crippen molar-refractivity contribution in [2.24, 2.45) is 0 Å². The molecule has 1 fully saturated rings. The molecule has 37 heavy (non-hydrogen) atoms. The predicted molar refractivity (Wildman–Crippen MR) is 134 cm³/mol. The van der Waals surface area contributed by atoms with E-state index in [-0.39, 0.29) is 24.7 Å². The second-order valence-electron chi connectivity index (χ2n) is 9.17. The molecule has 0 radical (unpaired) electrons. The molecule has 0 aromatic heterocycles. The fourth-order valence-corrected chi connectivity index (χ4v) is 5.10. The number of Topliss-reactive ketones (excluding diaryl/α,β-unsaturated/α-hetero) is 1. The summed E-state index contributed by atoms with van der Waals surface area (Å²) < 4.78 is 22.0. The molecule has 0 bridgehead atoms. The maximum Gasteiger partial charge on any atom is 0.295 e. The second kappa shape index (κ2) is 9.20. The summed E-state index contributed by atoms with van der Waals surface area (Å²) in [5, 5.41) is 11.5. The van der Waals surface area contributed by atoms with E-state index in [1.54, 1.807) is 49.6 Å². The Balaban J connectivity index is 1.46. The number of carbonyl (C=O) groups excluding carboxylic acids is 2. The van der Waals surface area contributed by atoms with Crippen LogP contribution in [0, 0.1) is 0 Å². The predicted octanol–water partition coefficient (Wildman–Crippen LogP) is 4.37. The molecule has 188 valence electrons. The number of methoxy groups -OCH3 is 1. The normalized spacial score (nSPS) is 19.5. The lowest BCUT2D eigenvalue weighted by molar-refractivity contribution is -0.140. The van der Waals surface area contributed by atoms with Gasteiger partial charge in [0, 0.05) is 12.1 Å². The summed E-state index contributed by atoms with van der Waals surface area (Å²) in [6, 6.07) is 17.1. The first-order chi connectivity index (χ1) is 18.0. The van der Waals surface area contributed by atoms with Crippen LogP contribution in [-0.4, -0.2) is 42.2 Å². The molecule has 8 heteroatoms. The number of fused-ring (bicyclic) bond motifs is 2. The molecule has 0 spiro atoms. The van der Waals surface area contributed by atoms with Crippen molar-refractivity contribution in [3.63, 3.8) is 0 Å². The second-order valence-corrected chi connectivity index (χ2v) is 9.17. The van der Waals surface area contributed by atoms with Crippen LogP contribution in [0.2, 0.25) is 0 Å². The Hall–Kier alpha value is -4.46. The van der Waals surface area contributed by atoms with Gasteiger partial charge in [-0.15, -0.1) is 0 Å². The summed E-state index contributed by atoms with van der Waals surface area (Å²) in [4.78, 5) is 28.3. The van der Waals surface area contributed by atoms with E-state index in [9.17, 15) is 14.7 Å². The maximum atomic E-state index is 13.4. The number of carbonyl (C=O) groups is 2. The van der Waals surface area contributed by atoms with E-state index in [4.69, 9.17) is 18.9 Å². The molecule has 3 aromatic rings. The molecule has 1 unspecified atom stereocenters. The van der Waals surface area contributed by atoms with E-state index in [1.165, 1.54) is 4.90 Å². The molecular formula is C29H25NO7. The summed E-state index contributed by atoms with van der Waals surface area (Å²) in [6.45, 7) is 0.927. The van der Waals surface area contributed by atoms with Gasteiger partial charge in [0.05, 0.1) is 25.3 Å². The fraction of sp³-hybridized carbons (Fsp3) is 0.241. The van der Waals surface area contributed by atoms with E-state index in [1.807, 2.05) is 18.2 Å². The lowest BCUT2D eigenvalue weighted by Gasteiger charge is -2.26. The van der Waals surface area contributed by atoms with Gasteiger partial charge in [-0.05, 0) is 72.0 Å². The molecule has 3 aliphatic heterocycles. The molecule has 6 rings (SSSR count). The number of benzene rings is 3. The van der Waals surface area contributed by atoms with Gasteiger partial charge in [-0.1, -0.05) is 18.2 Å². The quantitative estimate of drug-likeness (QED) is 0.316. The van der Waals surface area contributed by atoms with Gasteiger partial charge in [-0.25, -0.2) is 0 Å². The third kappa shape index (κ3) is 4.04. The summed E-state index contributed by atoms with van der Waals surface area (Å²) >= 11 is 0. The number of ketones is 1. The molecule has 1 amide bonds. The lowest BCUT2D eigenvalue weighted by Crippen LogP contribution is -2.29. The number of amides is 1. The fourth-order valence-electron chi connectivity index (χ4n) is 5.10. The monoisotopic (exact) mass is 499 g/mol. The molecule has 3 aromatic carbocycles. The first kappa shape index (κ1) is 23.0. The summed E-state index contributed by atoms with van der Waals surface area (Å²) in [6.07, 6.45) is 1.69. The van der Waals surface area contributed by atoms with Gasteiger partial charge in [0.1, 0.15) is 17.3 Å². The first-order valence-corrected chi connectivity index (χ1v) is 12.1. The Morgan fingerprint density at radius 3 is 2.70 bits per heavy atom. The highest BCUT2D eigenvalue weighted by atomic mass is 16.7. The number of hydrogen-bond acceptors (Lipinski definition) is 7. The van der Waals surface area contributed by atoms with Crippen molar-refractivity contribution in [2.45, 2.75) is 25.4 Å². The Kier molecular flexibility index (Phi) is 5.71. The molecule has 0 aliphatic carbocycles. The number of aryl methyl sites for hydroxylation is 1. The molecule has 3 aliphatic rings. The van der Waals surface area contributed by atoms with Crippen LogP contribution in [0.5, 0.6) is 23.0 Å². The molecule has 3 heterocycles. The average molecular weight is 500 g/mol. The maximum absolute atomic E-state index is 13.4. The zero-order chi connectivity index (χ0) is 25.5. The van der Waals surface area contributed by atoms with E-state index >= 15 is 0 Å². The van der Waals surface area contributed by atoms with Crippen LogP contribution in [0.3, 0.4) is 0 Å². The van der Waals surface area contributed by atoms with Crippen molar-refractivity contribution in [1.82, 2.24) is 4.90 Å². The van der Waals surface area contributed by atoms with Crippen LogP contribution in [-0.2, 0) is 22.6 Å². The van der Waals surface area contributed by atoms with Crippen molar-refractivity contribution >= 4 is 17.4 Å². The Bertz CT molecular complexity index is 1440. The van der Waals surface area contributed by atoms with Crippen LogP contribution in [0.15, 0.2) is 66.2 Å². The van der Waals surface area contributed by atoms with Crippen molar-refractivity contribution < 1.29 is 33.6 Å². The molecule has 0 saturated carbocycles. The van der Waals surface area contributed by atoms with Gasteiger partial charge in [0.25, 0.3) is 11.7 Å². The summed E-state index contributed by atoms with van der Waals surface area (Å²) in [7, 11) is 1.55. The minimum atomic E-state index is -0.812. The molecule has 1 N–H and O–H groups in total. The number of aliphatic hydroxyl groups excluding tert-OH is 1. The summed E-state index contributed by atoms with van der Waals surface area (Å²) in [5.74, 6) is 0.934. The van der Waals surface area contributed by atoms with E-state index < -0.39 is 17.7 Å². The third-order valence-corrected chi connectivity index (χ3v) is 6.92. The van der Waals surface area contributed by atoms with E-state index in [0.29, 0.717) is 35.0 Å². The zero-order valence-electron chi connectivity index (χ0n) is 20.2. The number of aliphatic hydroxyl groups is 1. The van der Waals surface area contributed by atoms with Crippen LogP contribution in [0.25, 0.3) is 5.76 Å². The van der Waals surface area contributed by atoms with Gasteiger partial charge in [0.2, 0.25) is 6.79 Å². The van der Waals surface area contributed by atoms with Gasteiger partial charge in [-0.3, -0.25) is 9.59 Å².